The summed E-state index contributed by atoms with van der Waals surface area (Å²) in [5, 5.41) is 15.3. The van der Waals surface area contributed by atoms with Gasteiger partial charge in [-0.3, -0.25) is 0 Å². The molecule has 3 heterocycles. The van der Waals surface area contributed by atoms with E-state index in [0.29, 0.717) is 42.7 Å². The van der Waals surface area contributed by atoms with Crippen LogP contribution in [0, 0.1) is 13.8 Å². The molecule has 3 aromatic rings. The molecule has 31 heavy (non-hydrogen) atoms. The molecule has 0 saturated carbocycles. The fourth-order valence-corrected chi connectivity index (χ4v) is 3.50. The van der Waals surface area contributed by atoms with E-state index >= 15 is 0 Å². The number of hydrogen-bond donors (Lipinski definition) is 2. The molecule has 0 radical (unpaired) electrons. The Hall–Kier alpha value is -3.39. The number of anilines is 4. The predicted molar refractivity (Wildman–Crippen MR) is 123 cm³/mol. The van der Waals surface area contributed by atoms with E-state index in [1.54, 1.807) is 11.0 Å². The van der Waals surface area contributed by atoms with Crippen molar-refractivity contribution in [2.45, 2.75) is 13.8 Å². The number of aromatic nitrogens is 3. The largest absolute Gasteiger partial charge is 0.352 e. The molecule has 160 valence electrons. The highest BCUT2D eigenvalue weighted by Crippen LogP contribution is 2.21. The Balaban J connectivity index is 1.31. The zero-order valence-electron chi connectivity index (χ0n) is 17.5. The van der Waals surface area contributed by atoms with Gasteiger partial charge in [0.2, 0.25) is 0 Å². The van der Waals surface area contributed by atoms with Crippen LogP contribution in [0.2, 0.25) is 5.02 Å². The lowest BCUT2D eigenvalue weighted by Crippen LogP contribution is -2.50. The molecular weight excluding hydrogens is 414 g/mol. The maximum absolute atomic E-state index is 12.6. The van der Waals surface area contributed by atoms with Crippen LogP contribution < -0.4 is 15.5 Å². The highest BCUT2D eigenvalue weighted by Gasteiger charge is 2.22. The minimum Gasteiger partial charge on any atom is -0.352 e. The van der Waals surface area contributed by atoms with Crippen molar-refractivity contribution < 1.29 is 4.79 Å². The lowest BCUT2D eigenvalue weighted by atomic mass is 10.2. The molecule has 4 rings (SSSR count). The highest BCUT2D eigenvalue weighted by atomic mass is 35.5. The fraction of sp³-hybridized carbons (Fsp3) is 0.273. The molecule has 1 aliphatic rings. The molecule has 2 N–H and O–H groups in total. The zero-order valence-corrected chi connectivity index (χ0v) is 18.2. The van der Waals surface area contributed by atoms with Crippen molar-refractivity contribution in [2.75, 3.05) is 41.7 Å². The maximum atomic E-state index is 12.6. The number of urea groups is 1. The van der Waals surface area contributed by atoms with Crippen LogP contribution in [0.3, 0.4) is 0 Å². The van der Waals surface area contributed by atoms with Crippen molar-refractivity contribution in [2.24, 2.45) is 0 Å². The molecule has 2 amide bonds. The van der Waals surface area contributed by atoms with Gasteiger partial charge in [0.05, 0.1) is 0 Å². The van der Waals surface area contributed by atoms with E-state index in [2.05, 4.69) is 30.7 Å². The Morgan fingerprint density at radius 1 is 0.968 bits per heavy atom. The standard InChI is InChI=1S/C22H24ClN7O/c1-15-6-7-17(14-18(15)23)25-22(31)30-12-10-29(11-13-30)21-9-8-20(27-28-21)26-19-5-3-4-16(2)24-19/h3-9,14H,10-13H2,1-2H3,(H,25,31)(H,24,26,27). The minimum absolute atomic E-state index is 0.129. The van der Waals surface area contributed by atoms with Gasteiger partial charge in [-0.1, -0.05) is 23.7 Å². The predicted octanol–water partition coefficient (Wildman–Crippen LogP) is 4.24. The first-order chi connectivity index (χ1) is 15.0. The Labute approximate surface area is 186 Å². The highest BCUT2D eigenvalue weighted by molar-refractivity contribution is 6.31. The second kappa shape index (κ2) is 9.18. The van der Waals surface area contributed by atoms with Crippen molar-refractivity contribution in [3.05, 3.63) is 64.8 Å². The Bertz CT molecular complexity index is 1070. The Morgan fingerprint density at radius 3 is 2.45 bits per heavy atom. The average molecular weight is 438 g/mol. The lowest BCUT2D eigenvalue weighted by Gasteiger charge is -2.35. The number of hydrogen-bond acceptors (Lipinski definition) is 6. The van der Waals surface area contributed by atoms with Crippen LogP contribution >= 0.6 is 11.6 Å². The number of nitrogens with one attached hydrogen (secondary N) is 2. The van der Waals surface area contributed by atoms with Gasteiger partial charge in [0, 0.05) is 42.6 Å². The summed E-state index contributed by atoms with van der Waals surface area (Å²) in [4.78, 5) is 20.9. The molecule has 0 unspecified atom stereocenters. The lowest BCUT2D eigenvalue weighted by molar-refractivity contribution is 0.208. The summed E-state index contributed by atoms with van der Waals surface area (Å²) >= 11 is 6.14. The number of rotatable bonds is 4. The summed E-state index contributed by atoms with van der Waals surface area (Å²) < 4.78 is 0. The molecule has 1 aromatic carbocycles. The van der Waals surface area contributed by atoms with Crippen molar-refractivity contribution in [3.8, 4) is 0 Å². The first-order valence-corrected chi connectivity index (χ1v) is 10.5. The van der Waals surface area contributed by atoms with E-state index in [1.807, 2.05) is 56.3 Å². The number of amides is 2. The van der Waals surface area contributed by atoms with Crippen molar-refractivity contribution in [1.82, 2.24) is 20.1 Å². The molecule has 2 aromatic heterocycles. The number of benzene rings is 1. The molecule has 9 heteroatoms. The average Bonchev–Trinajstić information content (AvgIpc) is 2.77. The van der Waals surface area contributed by atoms with Crippen molar-refractivity contribution in [1.29, 1.82) is 0 Å². The second-order valence-corrected chi connectivity index (χ2v) is 7.84. The third-order valence-electron chi connectivity index (χ3n) is 5.11. The molecule has 8 nitrogen and oxygen atoms in total. The number of halogens is 1. The summed E-state index contributed by atoms with van der Waals surface area (Å²) in [7, 11) is 0. The maximum Gasteiger partial charge on any atom is 0.321 e. The van der Waals surface area contributed by atoms with Crippen LogP contribution in [-0.4, -0.2) is 52.3 Å². The number of nitrogens with zero attached hydrogens (tertiary/aromatic N) is 5. The molecule has 1 fully saturated rings. The fourth-order valence-electron chi connectivity index (χ4n) is 3.32. The monoisotopic (exact) mass is 437 g/mol. The van der Waals surface area contributed by atoms with Crippen LogP contribution in [0.4, 0.5) is 27.9 Å². The van der Waals surface area contributed by atoms with Gasteiger partial charge < -0.3 is 20.4 Å². The molecular formula is C22H24ClN7O. The number of carbonyl (C=O) groups is 1. The Morgan fingerprint density at radius 2 is 1.77 bits per heavy atom. The number of carbonyl (C=O) groups excluding carboxylic acids is 1. The van der Waals surface area contributed by atoms with Crippen LogP contribution in [-0.2, 0) is 0 Å². The smallest absolute Gasteiger partial charge is 0.321 e. The third kappa shape index (κ3) is 5.21. The van der Waals surface area contributed by atoms with E-state index in [0.717, 1.165) is 22.9 Å². The van der Waals surface area contributed by atoms with E-state index in [-0.39, 0.29) is 6.03 Å². The molecule has 0 bridgehead atoms. The molecule has 0 aliphatic carbocycles. The minimum atomic E-state index is -0.129. The number of pyridine rings is 1. The van der Waals surface area contributed by atoms with Gasteiger partial charge in [-0.15, -0.1) is 10.2 Å². The third-order valence-corrected chi connectivity index (χ3v) is 5.52. The SMILES string of the molecule is Cc1cccc(Nc2ccc(N3CCN(C(=O)Nc4ccc(C)c(Cl)c4)CC3)nn2)n1. The zero-order chi connectivity index (χ0) is 21.8. The molecule has 0 atom stereocenters. The van der Waals surface area contributed by atoms with Crippen molar-refractivity contribution in [3.63, 3.8) is 0 Å². The van der Waals surface area contributed by atoms with E-state index < -0.39 is 0 Å². The van der Waals surface area contributed by atoms with Gasteiger partial charge in [0.15, 0.2) is 11.6 Å². The van der Waals surface area contributed by atoms with E-state index in [9.17, 15) is 4.79 Å². The van der Waals surface area contributed by atoms with Crippen LogP contribution in [0.5, 0.6) is 0 Å². The summed E-state index contributed by atoms with van der Waals surface area (Å²) in [5.74, 6) is 2.15. The summed E-state index contributed by atoms with van der Waals surface area (Å²) in [6, 6.07) is 15.0. The molecule has 1 saturated heterocycles. The summed E-state index contributed by atoms with van der Waals surface area (Å²) in [6.07, 6.45) is 0. The van der Waals surface area contributed by atoms with E-state index in [1.165, 1.54) is 0 Å². The quantitative estimate of drug-likeness (QED) is 0.634. The summed E-state index contributed by atoms with van der Waals surface area (Å²) in [6.45, 7) is 6.43. The number of piperazine rings is 1. The van der Waals surface area contributed by atoms with Crippen LogP contribution in [0.15, 0.2) is 48.5 Å². The normalized spacial score (nSPS) is 13.8. The number of aryl methyl sites for hydroxylation is 2. The van der Waals surface area contributed by atoms with Crippen LogP contribution in [0.25, 0.3) is 0 Å². The van der Waals surface area contributed by atoms with Crippen molar-refractivity contribution >= 4 is 40.8 Å². The molecule has 0 spiro atoms. The topological polar surface area (TPSA) is 86.3 Å². The van der Waals surface area contributed by atoms with Gasteiger partial charge in [0.1, 0.15) is 5.82 Å². The summed E-state index contributed by atoms with van der Waals surface area (Å²) in [5.41, 5.74) is 2.60. The van der Waals surface area contributed by atoms with Crippen LogP contribution in [0.1, 0.15) is 11.3 Å². The van der Waals surface area contributed by atoms with Gasteiger partial charge in [-0.25, -0.2) is 9.78 Å². The van der Waals surface area contributed by atoms with Gasteiger partial charge in [-0.2, -0.15) is 0 Å². The first-order valence-electron chi connectivity index (χ1n) is 10.1. The van der Waals surface area contributed by atoms with E-state index in [4.69, 9.17) is 11.6 Å². The second-order valence-electron chi connectivity index (χ2n) is 7.43. The van der Waals surface area contributed by atoms with Gasteiger partial charge in [0.25, 0.3) is 0 Å². The first kappa shape index (κ1) is 20.9. The molecule has 1 aliphatic heterocycles. The van der Waals surface area contributed by atoms with Gasteiger partial charge >= 0.3 is 6.03 Å². The Kier molecular flexibility index (Phi) is 6.18. The van der Waals surface area contributed by atoms with Gasteiger partial charge in [-0.05, 0) is 55.8 Å².